The Bertz CT molecular complexity index is 728. The standard InChI is InChI=1S/C14H13Cl2N3O3/c1-8-9(15)6-10(16)13(17-8)18-12(20)7-22-14(21)11-4-3-5-19(11)2/h3-6H,7H2,1-2H3,(H,17,18,20). The molecule has 2 heterocycles. The fraction of sp³-hybridized carbons (Fsp3) is 0.214. The summed E-state index contributed by atoms with van der Waals surface area (Å²) in [5.41, 5.74) is 0.883. The summed E-state index contributed by atoms with van der Waals surface area (Å²) in [4.78, 5) is 27.6. The van der Waals surface area contributed by atoms with E-state index in [9.17, 15) is 9.59 Å². The van der Waals surface area contributed by atoms with E-state index in [1.165, 1.54) is 6.07 Å². The van der Waals surface area contributed by atoms with E-state index in [0.29, 0.717) is 16.4 Å². The van der Waals surface area contributed by atoms with Crippen LogP contribution in [0.2, 0.25) is 10.0 Å². The number of rotatable bonds is 4. The summed E-state index contributed by atoms with van der Waals surface area (Å²) in [6.45, 7) is 1.24. The second-order valence-electron chi connectivity index (χ2n) is 4.51. The summed E-state index contributed by atoms with van der Waals surface area (Å²) >= 11 is 11.8. The fourth-order valence-corrected chi connectivity index (χ4v) is 2.10. The van der Waals surface area contributed by atoms with E-state index in [0.717, 1.165) is 0 Å². The lowest BCUT2D eigenvalue weighted by atomic mass is 10.3. The van der Waals surface area contributed by atoms with Crippen LogP contribution < -0.4 is 5.32 Å². The highest BCUT2D eigenvalue weighted by Crippen LogP contribution is 2.25. The van der Waals surface area contributed by atoms with Crippen LogP contribution in [-0.4, -0.2) is 28.0 Å². The maximum Gasteiger partial charge on any atom is 0.355 e. The molecule has 0 fully saturated rings. The predicted molar refractivity (Wildman–Crippen MR) is 83.3 cm³/mol. The summed E-state index contributed by atoms with van der Waals surface area (Å²) in [6.07, 6.45) is 1.71. The van der Waals surface area contributed by atoms with Crippen molar-refractivity contribution in [2.24, 2.45) is 7.05 Å². The molecule has 116 valence electrons. The normalized spacial score (nSPS) is 10.4. The molecule has 0 spiro atoms. The van der Waals surface area contributed by atoms with Gasteiger partial charge in [0.2, 0.25) is 0 Å². The molecule has 0 unspecified atom stereocenters. The number of nitrogens with one attached hydrogen (secondary N) is 1. The number of aromatic nitrogens is 2. The highest BCUT2D eigenvalue weighted by atomic mass is 35.5. The van der Waals surface area contributed by atoms with Gasteiger partial charge in [-0.3, -0.25) is 4.79 Å². The number of esters is 1. The highest BCUT2D eigenvalue weighted by molar-refractivity contribution is 6.36. The molecule has 8 heteroatoms. The molecule has 0 aliphatic heterocycles. The van der Waals surface area contributed by atoms with Gasteiger partial charge in [-0.05, 0) is 25.1 Å². The SMILES string of the molecule is Cc1nc(NC(=O)COC(=O)c2cccn2C)c(Cl)cc1Cl. The average Bonchev–Trinajstić information content (AvgIpc) is 2.88. The molecule has 22 heavy (non-hydrogen) atoms. The lowest BCUT2D eigenvalue weighted by Crippen LogP contribution is -2.22. The summed E-state index contributed by atoms with van der Waals surface area (Å²) in [6, 6.07) is 4.79. The van der Waals surface area contributed by atoms with Crippen LogP contribution in [-0.2, 0) is 16.6 Å². The molecule has 6 nitrogen and oxygen atoms in total. The first kappa shape index (κ1) is 16.3. The predicted octanol–water partition coefficient (Wildman–Crippen LogP) is 2.83. The average molecular weight is 342 g/mol. The Hall–Kier alpha value is -2.05. The van der Waals surface area contributed by atoms with Crippen molar-refractivity contribution < 1.29 is 14.3 Å². The van der Waals surface area contributed by atoms with E-state index in [4.69, 9.17) is 27.9 Å². The van der Waals surface area contributed by atoms with E-state index >= 15 is 0 Å². The Morgan fingerprint density at radius 2 is 2.09 bits per heavy atom. The number of anilines is 1. The number of carbonyl (C=O) groups excluding carboxylic acids is 2. The number of hydrogen-bond donors (Lipinski definition) is 1. The van der Waals surface area contributed by atoms with Crippen LogP contribution >= 0.6 is 23.2 Å². The fourth-order valence-electron chi connectivity index (χ4n) is 1.69. The van der Waals surface area contributed by atoms with Crippen molar-refractivity contribution in [1.29, 1.82) is 0 Å². The zero-order valence-corrected chi connectivity index (χ0v) is 13.4. The second-order valence-corrected chi connectivity index (χ2v) is 5.33. The number of ether oxygens (including phenoxy) is 1. The monoisotopic (exact) mass is 341 g/mol. The minimum atomic E-state index is -0.589. The third-order valence-electron chi connectivity index (χ3n) is 2.85. The maximum absolute atomic E-state index is 11.8. The Balaban J connectivity index is 1.95. The third-order valence-corrected chi connectivity index (χ3v) is 3.52. The smallest absolute Gasteiger partial charge is 0.355 e. The minimum Gasteiger partial charge on any atom is -0.451 e. The number of amides is 1. The van der Waals surface area contributed by atoms with Gasteiger partial charge in [-0.2, -0.15) is 0 Å². The van der Waals surface area contributed by atoms with Gasteiger partial charge in [0.25, 0.3) is 5.91 Å². The summed E-state index contributed by atoms with van der Waals surface area (Å²) < 4.78 is 6.52. The van der Waals surface area contributed by atoms with Crippen LogP contribution in [0.5, 0.6) is 0 Å². The van der Waals surface area contributed by atoms with Crippen LogP contribution in [0, 0.1) is 6.92 Å². The number of aryl methyl sites for hydroxylation is 2. The van der Waals surface area contributed by atoms with Crippen LogP contribution in [0.25, 0.3) is 0 Å². The molecule has 0 aliphatic rings. The number of hydrogen-bond acceptors (Lipinski definition) is 4. The van der Waals surface area contributed by atoms with Crippen molar-refractivity contribution in [2.45, 2.75) is 6.92 Å². The van der Waals surface area contributed by atoms with Crippen molar-refractivity contribution in [1.82, 2.24) is 9.55 Å². The van der Waals surface area contributed by atoms with Gasteiger partial charge in [0, 0.05) is 13.2 Å². The second kappa shape index (κ2) is 6.81. The van der Waals surface area contributed by atoms with Gasteiger partial charge in [0.05, 0.1) is 15.7 Å². The molecule has 0 bridgehead atoms. The maximum atomic E-state index is 11.8. The van der Waals surface area contributed by atoms with Crippen LogP contribution in [0.4, 0.5) is 5.82 Å². The highest BCUT2D eigenvalue weighted by Gasteiger charge is 2.14. The molecule has 0 aromatic carbocycles. The van der Waals surface area contributed by atoms with Crippen molar-refractivity contribution in [3.05, 3.63) is 45.8 Å². The van der Waals surface area contributed by atoms with Crippen LogP contribution in [0.15, 0.2) is 24.4 Å². The van der Waals surface area contributed by atoms with Crippen molar-refractivity contribution >= 4 is 40.9 Å². The quantitative estimate of drug-likeness (QED) is 0.867. The van der Waals surface area contributed by atoms with Crippen LogP contribution in [0.3, 0.4) is 0 Å². The number of halogens is 2. The van der Waals surface area contributed by atoms with Gasteiger partial charge >= 0.3 is 5.97 Å². The van der Waals surface area contributed by atoms with Crippen molar-refractivity contribution in [3.8, 4) is 0 Å². The van der Waals surface area contributed by atoms with Gasteiger partial charge < -0.3 is 14.6 Å². The molecule has 0 saturated carbocycles. The Labute approximate surface area is 137 Å². The summed E-state index contributed by atoms with van der Waals surface area (Å²) in [7, 11) is 1.71. The molecular weight excluding hydrogens is 329 g/mol. The number of carbonyl (C=O) groups is 2. The van der Waals surface area contributed by atoms with Gasteiger partial charge in [-0.15, -0.1) is 0 Å². The zero-order chi connectivity index (χ0) is 16.3. The number of nitrogens with zero attached hydrogens (tertiary/aromatic N) is 2. The van der Waals surface area contributed by atoms with Gasteiger partial charge in [0.1, 0.15) is 5.69 Å². The molecule has 2 rings (SSSR count). The molecule has 2 aromatic heterocycles. The van der Waals surface area contributed by atoms with E-state index in [1.54, 1.807) is 36.9 Å². The Morgan fingerprint density at radius 3 is 2.73 bits per heavy atom. The molecule has 0 atom stereocenters. The van der Waals surface area contributed by atoms with E-state index in [1.807, 2.05) is 0 Å². The Morgan fingerprint density at radius 1 is 1.36 bits per heavy atom. The van der Waals surface area contributed by atoms with Crippen molar-refractivity contribution in [2.75, 3.05) is 11.9 Å². The minimum absolute atomic E-state index is 0.170. The van der Waals surface area contributed by atoms with Gasteiger partial charge in [0.15, 0.2) is 12.4 Å². The van der Waals surface area contributed by atoms with E-state index in [2.05, 4.69) is 10.3 Å². The Kier molecular flexibility index (Phi) is 5.05. The first-order valence-electron chi connectivity index (χ1n) is 6.29. The zero-order valence-electron chi connectivity index (χ0n) is 11.9. The van der Waals surface area contributed by atoms with Crippen LogP contribution in [0.1, 0.15) is 16.2 Å². The molecule has 2 aromatic rings. The lowest BCUT2D eigenvalue weighted by Gasteiger charge is -2.09. The van der Waals surface area contributed by atoms with E-state index in [-0.39, 0.29) is 10.8 Å². The molecule has 1 N–H and O–H groups in total. The van der Waals surface area contributed by atoms with Gasteiger partial charge in [-0.25, -0.2) is 9.78 Å². The summed E-state index contributed by atoms with van der Waals surface area (Å²) in [5.74, 6) is -0.962. The molecule has 0 radical (unpaired) electrons. The first-order valence-corrected chi connectivity index (χ1v) is 7.05. The largest absolute Gasteiger partial charge is 0.451 e. The van der Waals surface area contributed by atoms with Crippen molar-refractivity contribution in [3.63, 3.8) is 0 Å². The molecule has 1 amide bonds. The molecule has 0 aliphatic carbocycles. The topological polar surface area (TPSA) is 73.2 Å². The first-order chi connectivity index (χ1) is 10.4. The van der Waals surface area contributed by atoms with E-state index < -0.39 is 18.5 Å². The third kappa shape index (κ3) is 3.78. The lowest BCUT2D eigenvalue weighted by molar-refractivity contribution is -0.119. The number of pyridine rings is 1. The molecular formula is C14H13Cl2N3O3. The summed E-state index contributed by atoms with van der Waals surface area (Å²) in [5, 5.41) is 3.08. The van der Waals surface area contributed by atoms with Gasteiger partial charge in [-0.1, -0.05) is 23.2 Å². The molecule has 0 saturated heterocycles.